The Morgan fingerprint density at radius 1 is 1.56 bits per heavy atom. The van der Waals surface area contributed by atoms with Crippen molar-refractivity contribution in [3.63, 3.8) is 0 Å². The van der Waals surface area contributed by atoms with Gasteiger partial charge in [-0.1, -0.05) is 0 Å². The molecule has 0 atom stereocenters. The Kier molecular flexibility index (Phi) is 2.21. The molecule has 0 bridgehead atoms. The number of hydrogen-bond donors (Lipinski definition) is 2. The first-order valence-corrected chi connectivity index (χ1v) is 5.45. The number of hydrogen-bond acceptors (Lipinski definition) is 4. The summed E-state index contributed by atoms with van der Waals surface area (Å²) >= 11 is 0. The molecule has 2 N–H and O–H groups in total. The van der Waals surface area contributed by atoms with E-state index in [2.05, 4.69) is 20.4 Å². The third-order valence-electron chi connectivity index (χ3n) is 2.76. The van der Waals surface area contributed by atoms with E-state index in [1.807, 2.05) is 0 Å². The van der Waals surface area contributed by atoms with E-state index in [1.165, 1.54) is 29.9 Å². The van der Waals surface area contributed by atoms with Crippen LogP contribution in [0.4, 0.5) is 0 Å². The number of aromatic amines is 1. The Labute approximate surface area is 91.7 Å². The number of H-pyrrole nitrogens is 1. The molecule has 6 nitrogen and oxygen atoms in total. The zero-order chi connectivity index (χ0) is 11.0. The van der Waals surface area contributed by atoms with Gasteiger partial charge in [0.05, 0.1) is 12.7 Å². The summed E-state index contributed by atoms with van der Waals surface area (Å²) in [4.78, 5) is 18.2. The maximum absolute atomic E-state index is 11.6. The van der Waals surface area contributed by atoms with Crippen molar-refractivity contribution in [3.8, 4) is 0 Å². The molecule has 1 fully saturated rings. The van der Waals surface area contributed by atoms with Crippen LogP contribution in [0.5, 0.6) is 0 Å². The van der Waals surface area contributed by atoms with Crippen LogP contribution >= 0.6 is 0 Å². The molecule has 2 aromatic heterocycles. The van der Waals surface area contributed by atoms with Crippen molar-refractivity contribution in [1.29, 1.82) is 0 Å². The van der Waals surface area contributed by atoms with Crippen molar-refractivity contribution in [1.82, 2.24) is 24.9 Å². The van der Waals surface area contributed by atoms with Gasteiger partial charge in [-0.05, 0) is 25.3 Å². The average Bonchev–Trinajstić information content (AvgIpc) is 2.94. The average molecular weight is 219 g/mol. The molecule has 3 rings (SSSR count). The van der Waals surface area contributed by atoms with Crippen molar-refractivity contribution in [2.75, 3.05) is 6.54 Å². The summed E-state index contributed by atoms with van der Waals surface area (Å²) in [7, 11) is 0. The van der Waals surface area contributed by atoms with Crippen LogP contribution in [0.1, 0.15) is 18.7 Å². The predicted octanol–water partition coefficient (Wildman–Crippen LogP) is -0.0828. The summed E-state index contributed by atoms with van der Waals surface area (Å²) in [5.41, 5.74) is 0.335. The van der Waals surface area contributed by atoms with Gasteiger partial charge in [0, 0.05) is 0 Å². The highest BCUT2D eigenvalue weighted by Crippen LogP contribution is 2.27. The quantitative estimate of drug-likeness (QED) is 0.754. The summed E-state index contributed by atoms with van der Waals surface area (Å²) in [5, 5.41) is 7.53. The van der Waals surface area contributed by atoms with Crippen molar-refractivity contribution in [2.24, 2.45) is 5.92 Å². The fraction of sp³-hybridized carbons (Fsp3) is 0.500. The van der Waals surface area contributed by atoms with Gasteiger partial charge in [0.2, 0.25) is 0 Å². The molecule has 16 heavy (non-hydrogen) atoms. The van der Waals surface area contributed by atoms with Crippen LogP contribution in [0.2, 0.25) is 0 Å². The van der Waals surface area contributed by atoms with E-state index >= 15 is 0 Å². The first kappa shape index (κ1) is 9.53. The van der Waals surface area contributed by atoms with Crippen molar-refractivity contribution < 1.29 is 0 Å². The third-order valence-corrected chi connectivity index (χ3v) is 2.76. The Bertz CT molecular complexity index is 554. The molecular formula is C10H13N5O. The Morgan fingerprint density at radius 2 is 2.44 bits per heavy atom. The Balaban J connectivity index is 1.77. The van der Waals surface area contributed by atoms with Crippen LogP contribution in [0.3, 0.4) is 0 Å². The smallest absolute Gasteiger partial charge is 0.276 e. The molecule has 0 aromatic carbocycles. The lowest BCUT2D eigenvalue weighted by atomic mass is 10.4. The predicted molar refractivity (Wildman–Crippen MR) is 58.0 cm³/mol. The Hall–Kier alpha value is -1.69. The summed E-state index contributed by atoms with van der Waals surface area (Å²) in [6.45, 7) is 1.60. The molecule has 84 valence electrons. The van der Waals surface area contributed by atoms with Crippen LogP contribution in [-0.2, 0) is 6.54 Å². The maximum Gasteiger partial charge on any atom is 0.276 e. The number of imidazole rings is 1. The van der Waals surface area contributed by atoms with Gasteiger partial charge in [0.15, 0.2) is 0 Å². The number of fused-ring (bicyclic) bond motifs is 1. The van der Waals surface area contributed by atoms with Crippen LogP contribution < -0.4 is 10.9 Å². The summed E-state index contributed by atoms with van der Waals surface area (Å²) < 4.78 is 1.51. The minimum Gasteiger partial charge on any atom is -0.310 e. The first-order chi connectivity index (χ1) is 7.83. The molecule has 0 spiro atoms. The largest absolute Gasteiger partial charge is 0.310 e. The second kappa shape index (κ2) is 3.71. The van der Waals surface area contributed by atoms with Gasteiger partial charge in [-0.3, -0.25) is 4.79 Å². The molecule has 2 aromatic rings. The highest BCUT2D eigenvalue weighted by atomic mass is 16.1. The van der Waals surface area contributed by atoms with E-state index in [0.717, 1.165) is 12.5 Å². The first-order valence-electron chi connectivity index (χ1n) is 5.45. The van der Waals surface area contributed by atoms with Crippen LogP contribution in [-0.4, -0.2) is 26.1 Å². The van der Waals surface area contributed by atoms with E-state index in [1.54, 1.807) is 0 Å². The van der Waals surface area contributed by atoms with Gasteiger partial charge >= 0.3 is 0 Å². The normalized spacial score (nSPS) is 15.8. The zero-order valence-corrected chi connectivity index (χ0v) is 8.81. The number of rotatable bonds is 4. The molecule has 2 heterocycles. The summed E-state index contributed by atoms with van der Waals surface area (Å²) in [5.74, 6) is 1.47. The lowest BCUT2D eigenvalue weighted by molar-refractivity contribution is 0.606. The van der Waals surface area contributed by atoms with Crippen LogP contribution in [0.25, 0.3) is 5.52 Å². The molecule has 0 aliphatic heterocycles. The van der Waals surface area contributed by atoms with Gasteiger partial charge in [-0.15, -0.1) is 0 Å². The zero-order valence-electron chi connectivity index (χ0n) is 8.81. The molecule has 6 heteroatoms. The van der Waals surface area contributed by atoms with Crippen LogP contribution in [0, 0.1) is 5.92 Å². The van der Waals surface area contributed by atoms with E-state index < -0.39 is 0 Å². The van der Waals surface area contributed by atoms with Crippen molar-refractivity contribution in [3.05, 3.63) is 28.7 Å². The van der Waals surface area contributed by atoms with Gasteiger partial charge in [0.1, 0.15) is 17.7 Å². The highest BCUT2D eigenvalue weighted by molar-refractivity contribution is 5.39. The van der Waals surface area contributed by atoms with E-state index in [9.17, 15) is 4.79 Å². The topological polar surface area (TPSA) is 75.1 Å². The molecule has 1 aliphatic rings. The molecule has 0 radical (unpaired) electrons. The third kappa shape index (κ3) is 1.83. The highest BCUT2D eigenvalue weighted by Gasteiger charge is 2.20. The van der Waals surface area contributed by atoms with E-state index in [-0.39, 0.29) is 5.56 Å². The minimum atomic E-state index is -0.143. The van der Waals surface area contributed by atoms with Crippen molar-refractivity contribution in [2.45, 2.75) is 19.4 Å². The standard InChI is InChI=1S/C10H13N5O/c16-10-8-4-12-6-15(8)14-9(13-10)5-11-3-7-1-2-7/h4,6-7,11H,1-3,5H2,(H,13,14,16). The van der Waals surface area contributed by atoms with E-state index in [0.29, 0.717) is 17.9 Å². The van der Waals surface area contributed by atoms with Gasteiger partial charge in [-0.2, -0.15) is 5.10 Å². The monoisotopic (exact) mass is 219 g/mol. The molecule has 1 aliphatic carbocycles. The van der Waals surface area contributed by atoms with Crippen molar-refractivity contribution >= 4 is 5.52 Å². The van der Waals surface area contributed by atoms with Gasteiger partial charge in [0.25, 0.3) is 5.56 Å². The maximum atomic E-state index is 11.6. The molecular weight excluding hydrogens is 206 g/mol. The Morgan fingerprint density at radius 3 is 3.25 bits per heavy atom. The lowest BCUT2D eigenvalue weighted by Gasteiger charge is -2.03. The number of nitrogens with zero attached hydrogens (tertiary/aromatic N) is 3. The number of aromatic nitrogens is 4. The SMILES string of the molecule is O=c1[nH]c(CNCC2CC2)nn2cncc12. The summed E-state index contributed by atoms with van der Waals surface area (Å²) in [6.07, 6.45) is 5.68. The second-order valence-electron chi connectivity index (χ2n) is 4.20. The minimum absolute atomic E-state index is 0.143. The summed E-state index contributed by atoms with van der Waals surface area (Å²) in [6, 6.07) is 0. The molecule has 1 saturated carbocycles. The van der Waals surface area contributed by atoms with Crippen LogP contribution in [0.15, 0.2) is 17.3 Å². The molecule has 0 saturated heterocycles. The second-order valence-corrected chi connectivity index (χ2v) is 4.20. The lowest BCUT2D eigenvalue weighted by Crippen LogP contribution is -2.22. The molecule has 0 unspecified atom stereocenters. The fourth-order valence-electron chi connectivity index (χ4n) is 1.68. The van der Waals surface area contributed by atoms with Gasteiger partial charge < -0.3 is 10.3 Å². The molecule has 0 amide bonds. The van der Waals surface area contributed by atoms with E-state index in [4.69, 9.17) is 0 Å². The fourth-order valence-corrected chi connectivity index (χ4v) is 1.68. The number of nitrogens with one attached hydrogen (secondary N) is 2. The van der Waals surface area contributed by atoms with Gasteiger partial charge in [-0.25, -0.2) is 9.50 Å².